The third kappa shape index (κ3) is 5.60. The van der Waals surface area contributed by atoms with E-state index in [1.165, 1.54) is 29.5 Å². The van der Waals surface area contributed by atoms with Crippen LogP contribution < -0.4 is 21.3 Å². The molecule has 4 aromatic carbocycles. The maximum atomic E-state index is 6.52. The van der Waals surface area contributed by atoms with Crippen LogP contribution in [0.15, 0.2) is 121 Å². The van der Waals surface area contributed by atoms with Crippen molar-refractivity contribution in [2.24, 2.45) is 11.5 Å². The van der Waals surface area contributed by atoms with Crippen LogP contribution in [0.25, 0.3) is 11.3 Å². The maximum Gasteiger partial charge on any atom is 0.128 e. The van der Waals surface area contributed by atoms with Crippen molar-refractivity contribution in [3.05, 3.63) is 144 Å². The van der Waals surface area contributed by atoms with Crippen molar-refractivity contribution in [3.63, 3.8) is 0 Å². The van der Waals surface area contributed by atoms with Gasteiger partial charge < -0.3 is 21.3 Å². The van der Waals surface area contributed by atoms with Gasteiger partial charge in [0.1, 0.15) is 6.17 Å². The first-order valence-electron chi connectivity index (χ1n) is 12.6. The van der Waals surface area contributed by atoms with Gasteiger partial charge in [0.05, 0.1) is 11.4 Å². The predicted molar refractivity (Wildman–Crippen MR) is 159 cm³/mol. The molecule has 0 aromatic heterocycles. The molecule has 188 valence electrons. The van der Waals surface area contributed by atoms with Gasteiger partial charge >= 0.3 is 0 Å². The number of benzene rings is 4. The van der Waals surface area contributed by atoms with Gasteiger partial charge in [-0.15, -0.1) is 0 Å². The van der Waals surface area contributed by atoms with Crippen LogP contribution in [0.1, 0.15) is 28.4 Å². The van der Waals surface area contributed by atoms with Crippen molar-refractivity contribution in [2.45, 2.75) is 12.6 Å². The molecule has 0 saturated carbocycles. The first-order valence-corrected chi connectivity index (χ1v) is 12.6. The van der Waals surface area contributed by atoms with E-state index in [-0.39, 0.29) is 6.17 Å². The molecule has 0 saturated heterocycles. The fourth-order valence-corrected chi connectivity index (χ4v) is 4.97. The Bertz CT molecular complexity index is 1330. The molecule has 4 nitrogen and oxygen atoms in total. The number of rotatable bonds is 6. The van der Waals surface area contributed by atoms with Gasteiger partial charge in [0, 0.05) is 19.8 Å². The van der Waals surface area contributed by atoms with Crippen LogP contribution in [0.4, 0.5) is 11.4 Å². The van der Waals surface area contributed by atoms with Crippen molar-refractivity contribution in [1.29, 1.82) is 0 Å². The van der Waals surface area contributed by atoms with Crippen molar-refractivity contribution in [1.82, 2.24) is 0 Å². The molecule has 0 spiro atoms. The summed E-state index contributed by atoms with van der Waals surface area (Å²) in [6.45, 7) is 0. The summed E-state index contributed by atoms with van der Waals surface area (Å²) < 4.78 is 0. The molecule has 0 amide bonds. The Morgan fingerprint density at radius 2 is 1.16 bits per heavy atom. The predicted octanol–water partition coefficient (Wildman–Crippen LogP) is 6.47. The van der Waals surface area contributed by atoms with Gasteiger partial charge in [-0.2, -0.15) is 0 Å². The quantitative estimate of drug-likeness (QED) is 0.305. The van der Waals surface area contributed by atoms with Crippen LogP contribution in [0, 0.1) is 0 Å². The van der Waals surface area contributed by atoms with Crippen LogP contribution in [0.5, 0.6) is 0 Å². The highest BCUT2D eigenvalue weighted by atomic mass is 15.4. The highest BCUT2D eigenvalue weighted by molar-refractivity contribution is 5.83. The number of hydrogen-bond acceptors (Lipinski definition) is 4. The largest absolute Gasteiger partial charge is 0.398 e. The van der Waals surface area contributed by atoms with Gasteiger partial charge in [0.15, 0.2) is 0 Å². The molecule has 0 atom stereocenters. The van der Waals surface area contributed by atoms with Gasteiger partial charge in [-0.1, -0.05) is 103 Å². The van der Waals surface area contributed by atoms with Crippen LogP contribution >= 0.6 is 0 Å². The van der Waals surface area contributed by atoms with E-state index in [1.807, 2.05) is 36.4 Å². The van der Waals surface area contributed by atoms with Crippen molar-refractivity contribution in [2.75, 3.05) is 30.9 Å². The summed E-state index contributed by atoms with van der Waals surface area (Å²) >= 11 is 0. The molecule has 4 aromatic rings. The molecule has 4 heteroatoms. The molecule has 0 unspecified atom stereocenters. The van der Waals surface area contributed by atoms with Crippen LogP contribution in [-0.2, 0) is 6.42 Å². The normalized spacial score (nSPS) is 13.7. The zero-order valence-corrected chi connectivity index (χ0v) is 21.9. The summed E-state index contributed by atoms with van der Waals surface area (Å²) in [7, 11) is 5.86. The highest BCUT2D eigenvalue weighted by Gasteiger charge is 2.32. The smallest absolute Gasteiger partial charge is 0.128 e. The van der Waals surface area contributed by atoms with Crippen LogP contribution in [0.2, 0.25) is 0 Å². The van der Waals surface area contributed by atoms with E-state index in [0.717, 1.165) is 28.8 Å². The minimum Gasteiger partial charge on any atom is -0.398 e. The van der Waals surface area contributed by atoms with Gasteiger partial charge in [0.25, 0.3) is 0 Å². The topological polar surface area (TPSA) is 58.5 Å². The zero-order chi connectivity index (χ0) is 26.2. The summed E-state index contributed by atoms with van der Waals surface area (Å²) in [6, 6.07) is 38.0. The zero-order valence-electron chi connectivity index (χ0n) is 21.9. The number of nitrogens with zero attached hydrogens (tertiary/aromatic N) is 2. The van der Waals surface area contributed by atoms with E-state index in [0.29, 0.717) is 0 Å². The number of fused-ring (bicyclic) bond motifs is 1. The SMILES string of the molecule is CN.CN1c2ccccc2N(C)C1c1ccccc1C/C=C(\C=C(/N)c1ccccc1)c1ccccc1. The van der Waals surface area contributed by atoms with E-state index in [4.69, 9.17) is 5.73 Å². The highest BCUT2D eigenvalue weighted by Crippen LogP contribution is 2.44. The number of hydrogen-bond donors (Lipinski definition) is 2. The Labute approximate surface area is 221 Å². The number of para-hydroxylation sites is 2. The fraction of sp³-hybridized carbons (Fsp3) is 0.152. The van der Waals surface area contributed by atoms with E-state index in [2.05, 4.69) is 115 Å². The van der Waals surface area contributed by atoms with Crippen molar-refractivity contribution >= 4 is 22.6 Å². The second kappa shape index (κ2) is 12.1. The molecule has 0 bridgehead atoms. The molecular formula is C33H36N4. The van der Waals surface area contributed by atoms with E-state index in [9.17, 15) is 0 Å². The molecule has 37 heavy (non-hydrogen) atoms. The molecule has 1 heterocycles. The lowest BCUT2D eigenvalue weighted by atomic mass is 9.97. The first kappa shape index (κ1) is 25.8. The Balaban J connectivity index is 0.00000156. The molecule has 4 N–H and O–H groups in total. The van der Waals surface area contributed by atoms with Gasteiger partial charge in [-0.25, -0.2) is 0 Å². The summed E-state index contributed by atoms with van der Waals surface area (Å²) in [5, 5.41) is 0. The maximum absolute atomic E-state index is 6.52. The second-order valence-electron chi connectivity index (χ2n) is 8.98. The van der Waals surface area contributed by atoms with E-state index < -0.39 is 0 Å². The number of anilines is 2. The average Bonchev–Trinajstić information content (AvgIpc) is 3.22. The van der Waals surface area contributed by atoms with Crippen molar-refractivity contribution < 1.29 is 0 Å². The molecule has 0 fully saturated rings. The number of nitrogens with two attached hydrogens (primary N) is 2. The average molecular weight is 489 g/mol. The Morgan fingerprint density at radius 1 is 0.676 bits per heavy atom. The third-order valence-corrected chi connectivity index (χ3v) is 6.78. The molecule has 0 aliphatic carbocycles. The standard InChI is InChI=1S/C32H31N3.CH5N/c1-34-30-19-11-12-20-31(30)35(2)32(34)28-18-10-9-15-25(28)21-22-27(24-13-5-3-6-14-24)23-29(33)26-16-7-4-8-17-26;1-2/h3-20,22-23,32H,21,33H2,1-2H3;2H2,1H3/b27-22+,29-23-;. The Kier molecular flexibility index (Phi) is 8.44. The van der Waals surface area contributed by atoms with E-state index in [1.54, 1.807) is 0 Å². The van der Waals surface area contributed by atoms with Crippen molar-refractivity contribution in [3.8, 4) is 0 Å². The lowest BCUT2D eigenvalue weighted by molar-refractivity contribution is 0.688. The minimum atomic E-state index is 0.155. The summed E-state index contributed by atoms with van der Waals surface area (Å²) in [6.07, 6.45) is 5.36. The lowest BCUT2D eigenvalue weighted by Crippen LogP contribution is -2.31. The second-order valence-corrected chi connectivity index (χ2v) is 8.98. The molecule has 0 radical (unpaired) electrons. The summed E-state index contributed by atoms with van der Waals surface area (Å²) in [5.74, 6) is 0. The number of allylic oxidation sites excluding steroid dienone is 3. The van der Waals surface area contributed by atoms with Gasteiger partial charge in [0.2, 0.25) is 0 Å². The molecular weight excluding hydrogens is 452 g/mol. The summed E-state index contributed by atoms with van der Waals surface area (Å²) in [5.41, 5.74) is 20.2. The Hall–Kier alpha value is -4.28. The van der Waals surface area contributed by atoms with Gasteiger partial charge in [-0.3, -0.25) is 0 Å². The van der Waals surface area contributed by atoms with E-state index >= 15 is 0 Å². The lowest BCUT2D eigenvalue weighted by Gasteiger charge is -2.30. The monoisotopic (exact) mass is 488 g/mol. The van der Waals surface area contributed by atoms with Crippen LogP contribution in [0.3, 0.4) is 0 Å². The fourth-order valence-electron chi connectivity index (χ4n) is 4.97. The molecule has 5 rings (SSSR count). The molecule has 1 aliphatic heterocycles. The van der Waals surface area contributed by atoms with Gasteiger partial charge in [-0.05, 0) is 59.5 Å². The third-order valence-electron chi connectivity index (χ3n) is 6.78. The minimum absolute atomic E-state index is 0.155. The summed E-state index contributed by atoms with van der Waals surface area (Å²) in [4.78, 5) is 4.73. The Morgan fingerprint density at radius 3 is 1.76 bits per heavy atom. The molecule has 1 aliphatic rings. The van der Waals surface area contributed by atoms with Crippen LogP contribution in [-0.4, -0.2) is 21.1 Å². The first-order chi connectivity index (χ1) is 18.1.